The smallest absolute Gasteiger partial charge is 0.272 e. The van der Waals surface area contributed by atoms with Gasteiger partial charge in [0.15, 0.2) is 0 Å². The number of phenolic OH excluding ortho intramolecular Hbond substituents is 1. The van der Waals surface area contributed by atoms with Crippen LogP contribution in [0, 0.1) is 0 Å². The molecule has 1 amide bonds. The minimum absolute atomic E-state index is 0.140. The fourth-order valence-electron chi connectivity index (χ4n) is 1.48. The number of phenols is 1. The summed E-state index contributed by atoms with van der Waals surface area (Å²) in [5, 5.41) is 13.4. The van der Waals surface area contributed by atoms with Crippen LogP contribution < -0.4 is 5.43 Å². The highest BCUT2D eigenvalue weighted by Gasteiger charge is 2.07. The lowest BCUT2D eigenvalue weighted by Crippen LogP contribution is -2.17. The second-order valence-corrected chi connectivity index (χ2v) is 4.18. The van der Waals surface area contributed by atoms with E-state index in [9.17, 15) is 9.90 Å². The fourth-order valence-corrected chi connectivity index (χ4v) is 1.70. The van der Waals surface area contributed by atoms with Gasteiger partial charge in [-0.15, -0.1) is 0 Å². The average Bonchev–Trinajstić information content (AvgIpc) is 2.39. The molecule has 19 heavy (non-hydrogen) atoms. The van der Waals surface area contributed by atoms with Crippen LogP contribution in [-0.2, 0) is 0 Å². The monoisotopic (exact) mass is 274 g/mol. The van der Waals surface area contributed by atoms with Gasteiger partial charge >= 0.3 is 0 Å². The second kappa shape index (κ2) is 6.02. The van der Waals surface area contributed by atoms with Crippen LogP contribution in [0.1, 0.15) is 15.9 Å². The molecule has 0 atom stereocenters. The molecule has 0 fully saturated rings. The Morgan fingerprint density at radius 3 is 2.74 bits per heavy atom. The zero-order valence-electron chi connectivity index (χ0n) is 9.88. The molecule has 0 aliphatic carbocycles. The van der Waals surface area contributed by atoms with Crippen LogP contribution in [0.15, 0.2) is 53.6 Å². The van der Waals surface area contributed by atoms with Gasteiger partial charge in [0, 0.05) is 0 Å². The van der Waals surface area contributed by atoms with E-state index in [-0.39, 0.29) is 11.7 Å². The minimum Gasteiger partial charge on any atom is -0.508 e. The Kier molecular flexibility index (Phi) is 4.15. The largest absolute Gasteiger partial charge is 0.508 e. The molecule has 0 saturated carbocycles. The van der Waals surface area contributed by atoms with Crippen molar-refractivity contribution in [2.75, 3.05) is 0 Å². The summed E-state index contributed by atoms with van der Waals surface area (Å²) in [4.78, 5) is 11.8. The fraction of sp³-hybridized carbons (Fsp3) is 0. The lowest BCUT2D eigenvalue weighted by Gasteiger charge is -2.01. The van der Waals surface area contributed by atoms with Crippen molar-refractivity contribution in [3.05, 3.63) is 64.7 Å². The zero-order chi connectivity index (χ0) is 13.7. The summed E-state index contributed by atoms with van der Waals surface area (Å²) in [5.74, 6) is -0.247. The van der Waals surface area contributed by atoms with Crippen molar-refractivity contribution < 1.29 is 9.90 Å². The molecule has 0 aliphatic heterocycles. The first-order valence-electron chi connectivity index (χ1n) is 5.54. The van der Waals surface area contributed by atoms with Crippen LogP contribution >= 0.6 is 11.6 Å². The highest BCUT2D eigenvalue weighted by Crippen LogP contribution is 2.14. The Morgan fingerprint density at radius 2 is 2.00 bits per heavy atom. The summed E-state index contributed by atoms with van der Waals surface area (Å²) >= 11 is 5.89. The third-order valence-electron chi connectivity index (χ3n) is 2.37. The van der Waals surface area contributed by atoms with Crippen molar-refractivity contribution in [3.8, 4) is 5.75 Å². The molecule has 0 bridgehead atoms. The van der Waals surface area contributed by atoms with Crippen molar-refractivity contribution in [1.82, 2.24) is 5.43 Å². The molecule has 96 valence electrons. The van der Waals surface area contributed by atoms with Crippen LogP contribution in [0.2, 0.25) is 5.02 Å². The third kappa shape index (κ3) is 3.56. The number of halogens is 1. The molecule has 2 aromatic carbocycles. The van der Waals surface area contributed by atoms with E-state index in [1.165, 1.54) is 12.3 Å². The molecule has 2 N–H and O–H groups in total. The maximum Gasteiger partial charge on any atom is 0.272 e. The number of nitrogens with one attached hydrogen (secondary N) is 1. The highest BCUT2D eigenvalue weighted by atomic mass is 35.5. The number of hydrazone groups is 1. The molecule has 0 saturated heterocycles. The van der Waals surface area contributed by atoms with Gasteiger partial charge in [0.25, 0.3) is 5.91 Å². The number of carbonyl (C=O) groups excluding carboxylic acids is 1. The maximum absolute atomic E-state index is 11.8. The molecule has 0 aliphatic rings. The average molecular weight is 275 g/mol. The molecule has 2 rings (SSSR count). The minimum atomic E-state index is -0.387. The number of nitrogens with zero attached hydrogens (tertiary/aromatic N) is 1. The van der Waals surface area contributed by atoms with E-state index in [0.29, 0.717) is 16.1 Å². The molecule has 0 radical (unpaired) electrons. The van der Waals surface area contributed by atoms with Gasteiger partial charge in [-0.3, -0.25) is 4.79 Å². The summed E-state index contributed by atoms with van der Waals surface area (Å²) in [7, 11) is 0. The Hall–Kier alpha value is -2.33. The Balaban J connectivity index is 2.03. The molecular weight excluding hydrogens is 264 g/mol. The quantitative estimate of drug-likeness (QED) is 0.668. The number of carbonyl (C=O) groups is 1. The van der Waals surface area contributed by atoms with Gasteiger partial charge in [0.1, 0.15) is 5.75 Å². The van der Waals surface area contributed by atoms with E-state index in [0.717, 1.165) is 0 Å². The van der Waals surface area contributed by atoms with Gasteiger partial charge in [0.2, 0.25) is 0 Å². The molecule has 4 nitrogen and oxygen atoms in total. The van der Waals surface area contributed by atoms with Crippen LogP contribution in [0.25, 0.3) is 0 Å². The van der Waals surface area contributed by atoms with Crippen LogP contribution in [0.3, 0.4) is 0 Å². The summed E-state index contributed by atoms with van der Waals surface area (Å²) < 4.78 is 0. The first-order valence-corrected chi connectivity index (χ1v) is 5.91. The van der Waals surface area contributed by atoms with E-state index in [1.807, 2.05) is 0 Å². The van der Waals surface area contributed by atoms with Crippen LogP contribution in [-0.4, -0.2) is 17.2 Å². The topological polar surface area (TPSA) is 61.7 Å². The van der Waals surface area contributed by atoms with E-state index >= 15 is 0 Å². The lowest BCUT2D eigenvalue weighted by atomic mass is 10.2. The van der Waals surface area contributed by atoms with E-state index in [1.54, 1.807) is 42.5 Å². The van der Waals surface area contributed by atoms with Gasteiger partial charge in [-0.2, -0.15) is 5.10 Å². The van der Waals surface area contributed by atoms with Crippen molar-refractivity contribution in [2.24, 2.45) is 5.10 Å². The molecular formula is C14H11ClN2O2. The van der Waals surface area contributed by atoms with E-state index < -0.39 is 0 Å². The standard InChI is InChI=1S/C14H11ClN2O2/c15-13-7-2-1-6-12(13)14(19)17-16-9-10-4-3-5-11(18)8-10/h1-9,18H,(H,17,19)/b16-9+. The first kappa shape index (κ1) is 13.1. The number of amides is 1. The summed E-state index contributed by atoms with van der Waals surface area (Å²) in [6.45, 7) is 0. The number of hydrogen-bond acceptors (Lipinski definition) is 3. The van der Waals surface area contributed by atoms with Gasteiger partial charge in [-0.05, 0) is 29.8 Å². The van der Waals surface area contributed by atoms with Gasteiger partial charge < -0.3 is 5.11 Å². The molecule has 0 aromatic heterocycles. The molecule has 0 spiro atoms. The summed E-state index contributed by atoms with van der Waals surface area (Å²) in [6.07, 6.45) is 1.44. The summed E-state index contributed by atoms with van der Waals surface area (Å²) in [5.41, 5.74) is 3.41. The number of hydrogen-bond donors (Lipinski definition) is 2. The van der Waals surface area contributed by atoms with Crippen molar-refractivity contribution in [3.63, 3.8) is 0 Å². The van der Waals surface area contributed by atoms with Crippen LogP contribution in [0.5, 0.6) is 5.75 Å². The predicted molar refractivity (Wildman–Crippen MR) is 74.6 cm³/mol. The van der Waals surface area contributed by atoms with E-state index in [4.69, 9.17) is 11.6 Å². The third-order valence-corrected chi connectivity index (χ3v) is 2.70. The SMILES string of the molecule is O=C(N/N=C/c1cccc(O)c1)c1ccccc1Cl. The molecule has 0 unspecified atom stereocenters. The van der Waals surface area contributed by atoms with Crippen molar-refractivity contribution >= 4 is 23.7 Å². The van der Waals surface area contributed by atoms with Gasteiger partial charge in [-0.25, -0.2) is 5.43 Å². The number of aromatic hydroxyl groups is 1. The lowest BCUT2D eigenvalue weighted by molar-refractivity contribution is 0.0955. The van der Waals surface area contributed by atoms with E-state index in [2.05, 4.69) is 10.5 Å². The van der Waals surface area contributed by atoms with Crippen molar-refractivity contribution in [1.29, 1.82) is 0 Å². The normalized spacial score (nSPS) is 10.6. The highest BCUT2D eigenvalue weighted by molar-refractivity contribution is 6.33. The Bertz CT molecular complexity index is 626. The molecule has 0 heterocycles. The van der Waals surface area contributed by atoms with Gasteiger partial charge in [-0.1, -0.05) is 35.9 Å². The first-order chi connectivity index (χ1) is 9.16. The number of rotatable bonds is 3. The second-order valence-electron chi connectivity index (χ2n) is 3.77. The summed E-state index contributed by atoms with van der Waals surface area (Å²) in [6, 6.07) is 13.2. The molecule has 5 heteroatoms. The van der Waals surface area contributed by atoms with Gasteiger partial charge in [0.05, 0.1) is 16.8 Å². The predicted octanol–water partition coefficient (Wildman–Crippen LogP) is 2.81. The zero-order valence-corrected chi connectivity index (χ0v) is 10.6. The maximum atomic E-state index is 11.8. The van der Waals surface area contributed by atoms with Crippen LogP contribution in [0.4, 0.5) is 0 Å². The Morgan fingerprint density at radius 1 is 1.21 bits per heavy atom. The molecule has 2 aromatic rings. The Labute approximate surface area is 115 Å². The van der Waals surface area contributed by atoms with Crippen molar-refractivity contribution in [2.45, 2.75) is 0 Å². The number of benzene rings is 2.